The van der Waals surface area contributed by atoms with Crippen LogP contribution in [0.3, 0.4) is 0 Å². The van der Waals surface area contributed by atoms with Gasteiger partial charge in [0.05, 0.1) is 16.3 Å². The maximum atomic E-state index is 11.9. The first kappa shape index (κ1) is 18.3. The molecule has 2 heterocycles. The summed E-state index contributed by atoms with van der Waals surface area (Å²) < 4.78 is 6.63. The number of hydrogen-bond acceptors (Lipinski definition) is 8. The Kier molecular flexibility index (Phi) is 5.79. The number of ether oxygens (including phenoxy) is 1. The standard InChI is InChI=1S/C17H16N4O3S2/c1-11-5-6-12(2)13(8-11)21-17(18-19-20-21)26-10-16(23)24-9-14(22)15-4-3-7-25-15/h3-8H,9-10H2,1-2H3. The number of aryl methyl sites for hydroxylation is 2. The molecule has 0 atom stereocenters. The topological polar surface area (TPSA) is 87.0 Å². The highest BCUT2D eigenvalue weighted by Crippen LogP contribution is 2.21. The maximum Gasteiger partial charge on any atom is 0.316 e. The van der Waals surface area contributed by atoms with Crippen molar-refractivity contribution in [2.75, 3.05) is 12.4 Å². The lowest BCUT2D eigenvalue weighted by Gasteiger charge is -2.08. The molecule has 134 valence electrons. The van der Waals surface area contributed by atoms with Crippen molar-refractivity contribution in [2.45, 2.75) is 19.0 Å². The van der Waals surface area contributed by atoms with Crippen LogP contribution in [0.2, 0.25) is 0 Å². The monoisotopic (exact) mass is 388 g/mol. The second kappa shape index (κ2) is 8.24. The molecule has 3 aromatic rings. The third-order valence-corrected chi connectivity index (χ3v) is 5.32. The number of tetrazole rings is 1. The van der Waals surface area contributed by atoms with Gasteiger partial charge in [0, 0.05) is 0 Å². The van der Waals surface area contributed by atoms with Crippen molar-refractivity contribution >= 4 is 34.9 Å². The van der Waals surface area contributed by atoms with Crippen molar-refractivity contribution < 1.29 is 14.3 Å². The van der Waals surface area contributed by atoms with Crippen molar-refractivity contribution in [3.05, 3.63) is 51.7 Å². The minimum atomic E-state index is -0.490. The molecule has 0 saturated carbocycles. The number of Topliss-reactive ketones (excluding diaryl/α,β-unsaturated/α-hetero) is 1. The van der Waals surface area contributed by atoms with Crippen molar-refractivity contribution in [1.82, 2.24) is 20.2 Å². The zero-order valence-electron chi connectivity index (χ0n) is 14.2. The SMILES string of the molecule is Cc1ccc(C)c(-n2nnnc2SCC(=O)OCC(=O)c2cccs2)c1. The van der Waals surface area contributed by atoms with Crippen LogP contribution in [-0.2, 0) is 9.53 Å². The summed E-state index contributed by atoms with van der Waals surface area (Å²) in [5, 5.41) is 13.9. The second-order valence-electron chi connectivity index (χ2n) is 5.51. The summed E-state index contributed by atoms with van der Waals surface area (Å²) in [4.78, 5) is 24.3. The summed E-state index contributed by atoms with van der Waals surface area (Å²) in [6.07, 6.45) is 0. The van der Waals surface area contributed by atoms with Gasteiger partial charge in [-0.25, -0.2) is 0 Å². The molecule has 0 radical (unpaired) electrons. The van der Waals surface area contributed by atoms with E-state index in [1.807, 2.05) is 32.0 Å². The Bertz CT molecular complexity index is 922. The first-order chi connectivity index (χ1) is 12.5. The number of rotatable bonds is 7. The Morgan fingerprint density at radius 1 is 1.27 bits per heavy atom. The highest BCUT2D eigenvalue weighted by atomic mass is 32.2. The molecule has 0 bridgehead atoms. The predicted octanol–water partition coefficient (Wildman–Crippen LogP) is 2.86. The van der Waals surface area contributed by atoms with E-state index in [1.54, 1.807) is 22.2 Å². The number of aromatic nitrogens is 4. The van der Waals surface area contributed by atoms with Gasteiger partial charge in [-0.1, -0.05) is 30.0 Å². The smallest absolute Gasteiger partial charge is 0.316 e. The van der Waals surface area contributed by atoms with Gasteiger partial charge in [-0.15, -0.1) is 16.4 Å². The Morgan fingerprint density at radius 3 is 2.88 bits per heavy atom. The van der Waals surface area contributed by atoms with Crippen molar-refractivity contribution in [3.8, 4) is 5.69 Å². The minimum absolute atomic E-state index is 0.0168. The van der Waals surface area contributed by atoms with Gasteiger partial charge in [-0.05, 0) is 52.9 Å². The molecule has 9 heteroatoms. The van der Waals surface area contributed by atoms with Crippen LogP contribution in [0, 0.1) is 13.8 Å². The molecule has 0 aliphatic carbocycles. The average molecular weight is 388 g/mol. The van der Waals surface area contributed by atoms with Crippen LogP contribution in [0.1, 0.15) is 20.8 Å². The first-order valence-corrected chi connectivity index (χ1v) is 9.62. The molecule has 0 amide bonds. The van der Waals surface area contributed by atoms with Gasteiger partial charge in [0.15, 0.2) is 6.61 Å². The molecule has 7 nitrogen and oxygen atoms in total. The van der Waals surface area contributed by atoms with Gasteiger partial charge in [0.1, 0.15) is 0 Å². The molecule has 0 aliphatic heterocycles. The van der Waals surface area contributed by atoms with Crippen LogP contribution < -0.4 is 0 Å². The largest absolute Gasteiger partial charge is 0.457 e. The summed E-state index contributed by atoms with van der Waals surface area (Å²) >= 11 is 2.48. The second-order valence-corrected chi connectivity index (χ2v) is 7.40. The summed E-state index contributed by atoms with van der Waals surface area (Å²) in [5.74, 6) is -0.683. The van der Waals surface area contributed by atoms with Crippen LogP contribution in [-0.4, -0.2) is 44.3 Å². The lowest BCUT2D eigenvalue weighted by atomic mass is 10.1. The maximum absolute atomic E-state index is 11.9. The minimum Gasteiger partial charge on any atom is -0.457 e. The number of ketones is 1. The summed E-state index contributed by atoms with van der Waals surface area (Å²) in [6.45, 7) is 3.69. The van der Waals surface area contributed by atoms with E-state index >= 15 is 0 Å². The van der Waals surface area contributed by atoms with Crippen LogP contribution >= 0.6 is 23.1 Å². The Hall–Kier alpha value is -2.52. The van der Waals surface area contributed by atoms with Crippen molar-refractivity contribution in [3.63, 3.8) is 0 Å². The van der Waals surface area contributed by atoms with E-state index in [4.69, 9.17) is 4.74 Å². The molecule has 0 N–H and O–H groups in total. The summed E-state index contributed by atoms with van der Waals surface area (Å²) in [7, 11) is 0. The summed E-state index contributed by atoms with van der Waals surface area (Å²) in [5.41, 5.74) is 2.97. The van der Waals surface area contributed by atoms with E-state index in [-0.39, 0.29) is 18.1 Å². The molecule has 2 aromatic heterocycles. The van der Waals surface area contributed by atoms with Gasteiger partial charge in [-0.2, -0.15) is 4.68 Å². The molecule has 26 heavy (non-hydrogen) atoms. The zero-order chi connectivity index (χ0) is 18.5. The molecular weight excluding hydrogens is 372 g/mol. The van der Waals surface area contributed by atoms with Crippen LogP contribution in [0.15, 0.2) is 40.9 Å². The van der Waals surface area contributed by atoms with Gasteiger partial charge in [-0.3, -0.25) is 9.59 Å². The molecule has 0 fully saturated rings. The third-order valence-electron chi connectivity index (χ3n) is 3.51. The molecule has 0 spiro atoms. The Labute approximate surface area is 158 Å². The first-order valence-electron chi connectivity index (χ1n) is 7.75. The number of benzene rings is 1. The Morgan fingerprint density at radius 2 is 2.12 bits per heavy atom. The number of carbonyl (C=O) groups is 2. The fourth-order valence-corrected chi connectivity index (χ4v) is 3.52. The quantitative estimate of drug-likeness (QED) is 0.349. The van der Waals surface area contributed by atoms with E-state index in [0.717, 1.165) is 28.6 Å². The highest BCUT2D eigenvalue weighted by molar-refractivity contribution is 7.99. The van der Waals surface area contributed by atoms with Gasteiger partial charge >= 0.3 is 5.97 Å². The van der Waals surface area contributed by atoms with Crippen LogP contribution in [0.4, 0.5) is 0 Å². The highest BCUT2D eigenvalue weighted by Gasteiger charge is 2.15. The molecule has 0 aliphatic rings. The predicted molar refractivity (Wildman–Crippen MR) is 99.0 cm³/mol. The molecule has 3 rings (SSSR count). The third kappa shape index (κ3) is 4.36. The molecule has 1 aromatic carbocycles. The molecular formula is C17H16N4O3S2. The lowest BCUT2D eigenvalue weighted by molar-refractivity contribution is -0.139. The van der Waals surface area contributed by atoms with E-state index < -0.39 is 5.97 Å². The number of esters is 1. The number of thioether (sulfide) groups is 1. The van der Waals surface area contributed by atoms with Gasteiger partial charge in [0.2, 0.25) is 10.9 Å². The normalized spacial score (nSPS) is 10.7. The zero-order valence-corrected chi connectivity index (χ0v) is 15.8. The summed E-state index contributed by atoms with van der Waals surface area (Å²) in [6, 6.07) is 9.47. The molecule has 0 saturated heterocycles. The van der Waals surface area contributed by atoms with E-state index in [2.05, 4.69) is 15.5 Å². The number of carbonyl (C=O) groups excluding carboxylic acids is 2. The fraction of sp³-hybridized carbons (Fsp3) is 0.235. The number of hydrogen-bond donors (Lipinski definition) is 0. The fourth-order valence-electron chi connectivity index (χ4n) is 2.19. The lowest BCUT2D eigenvalue weighted by Crippen LogP contribution is -2.15. The van der Waals surface area contributed by atoms with Gasteiger partial charge in [0.25, 0.3) is 0 Å². The van der Waals surface area contributed by atoms with Crippen LogP contribution in [0.25, 0.3) is 5.69 Å². The number of thiophene rings is 1. The van der Waals surface area contributed by atoms with E-state index in [1.165, 1.54) is 11.3 Å². The van der Waals surface area contributed by atoms with Crippen LogP contribution in [0.5, 0.6) is 0 Å². The number of nitrogens with zero attached hydrogens (tertiary/aromatic N) is 4. The Balaban J connectivity index is 1.59. The van der Waals surface area contributed by atoms with E-state index in [9.17, 15) is 9.59 Å². The molecule has 0 unspecified atom stereocenters. The average Bonchev–Trinajstić information content (AvgIpc) is 3.31. The van der Waals surface area contributed by atoms with Gasteiger partial charge < -0.3 is 4.74 Å². The van der Waals surface area contributed by atoms with Crippen molar-refractivity contribution in [2.24, 2.45) is 0 Å². The van der Waals surface area contributed by atoms with Crippen molar-refractivity contribution in [1.29, 1.82) is 0 Å². The van der Waals surface area contributed by atoms with E-state index in [0.29, 0.717) is 10.0 Å².